The third-order valence-corrected chi connectivity index (χ3v) is 6.89. The predicted molar refractivity (Wildman–Crippen MR) is 125 cm³/mol. The van der Waals surface area contributed by atoms with Crippen LogP contribution >= 0.6 is 0 Å². The molecule has 168 valence electrons. The molecule has 0 spiro atoms. The van der Waals surface area contributed by atoms with Gasteiger partial charge in [0.1, 0.15) is 11.9 Å². The van der Waals surface area contributed by atoms with Crippen molar-refractivity contribution >= 4 is 27.4 Å². The molecule has 2 heterocycles. The molecular weight excluding hydrogens is 438 g/mol. The van der Waals surface area contributed by atoms with Gasteiger partial charge < -0.3 is 9.80 Å². The van der Waals surface area contributed by atoms with Gasteiger partial charge in [0, 0.05) is 43.6 Å². The third kappa shape index (κ3) is 4.96. The normalized spacial score (nSPS) is 13.9. The van der Waals surface area contributed by atoms with Crippen molar-refractivity contribution in [3.8, 4) is 6.07 Å². The highest BCUT2D eigenvalue weighted by molar-refractivity contribution is 7.92. The van der Waals surface area contributed by atoms with Crippen molar-refractivity contribution in [3.05, 3.63) is 83.6 Å². The molecule has 1 fully saturated rings. The molecule has 0 bridgehead atoms. The largest absolute Gasteiger partial charge is 0.352 e. The number of nitriles is 1. The summed E-state index contributed by atoms with van der Waals surface area (Å²) < 4.78 is 27.8. The van der Waals surface area contributed by atoms with Crippen LogP contribution in [0.25, 0.3) is 0 Å². The quantitative estimate of drug-likeness (QED) is 0.626. The molecule has 1 N–H and O–H groups in total. The number of anilines is 2. The molecule has 1 aliphatic rings. The number of aryl methyl sites for hydroxylation is 1. The number of benzene rings is 2. The Morgan fingerprint density at radius 2 is 1.67 bits per heavy atom. The molecular formula is C24H23N5O3S. The van der Waals surface area contributed by atoms with Gasteiger partial charge in [0.2, 0.25) is 0 Å². The number of carbonyl (C=O) groups excluding carboxylic acids is 1. The lowest BCUT2D eigenvalue weighted by Gasteiger charge is -2.35. The average molecular weight is 462 g/mol. The third-order valence-electron chi connectivity index (χ3n) is 5.49. The van der Waals surface area contributed by atoms with Crippen molar-refractivity contribution < 1.29 is 13.2 Å². The lowest BCUT2D eigenvalue weighted by Crippen LogP contribution is -2.49. The van der Waals surface area contributed by atoms with Gasteiger partial charge in [-0.25, -0.2) is 13.4 Å². The van der Waals surface area contributed by atoms with Gasteiger partial charge in [-0.3, -0.25) is 9.52 Å². The van der Waals surface area contributed by atoms with E-state index < -0.39 is 10.0 Å². The highest BCUT2D eigenvalue weighted by Gasteiger charge is 2.24. The first-order chi connectivity index (χ1) is 15.9. The van der Waals surface area contributed by atoms with Crippen LogP contribution in [0.1, 0.15) is 21.5 Å². The van der Waals surface area contributed by atoms with Crippen LogP contribution in [0.15, 0.2) is 71.8 Å². The summed E-state index contributed by atoms with van der Waals surface area (Å²) in [5, 5.41) is 9.28. The zero-order valence-corrected chi connectivity index (χ0v) is 18.9. The Morgan fingerprint density at radius 1 is 1.00 bits per heavy atom. The van der Waals surface area contributed by atoms with Gasteiger partial charge in [0.15, 0.2) is 0 Å². The Kier molecular flexibility index (Phi) is 6.29. The topological polar surface area (TPSA) is 106 Å². The summed E-state index contributed by atoms with van der Waals surface area (Å²) in [6, 6.07) is 18.6. The maximum Gasteiger partial charge on any atom is 0.261 e. The minimum atomic E-state index is -3.75. The predicted octanol–water partition coefficient (Wildman–Crippen LogP) is 3.02. The average Bonchev–Trinajstić information content (AvgIpc) is 2.85. The molecule has 0 saturated carbocycles. The van der Waals surface area contributed by atoms with Crippen LogP contribution < -0.4 is 9.62 Å². The number of hydrogen-bond acceptors (Lipinski definition) is 6. The second-order valence-corrected chi connectivity index (χ2v) is 9.44. The summed E-state index contributed by atoms with van der Waals surface area (Å²) in [6.45, 7) is 4.01. The van der Waals surface area contributed by atoms with Crippen molar-refractivity contribution in [1.82, 2.24) is 9.88 Å². The lowest BCUT2D eigenvalue weighted by molar-refractivity contribution is 0.0746. The Morgan fingerprint density at radius 3 is 2.30 bits per heavy atom. The summed E-state index contributed by atoms with van der Waals surface area (Å²) in [5.74, 6) is 0.467. The molecule has 2 aromatic carbocycles. The summed E-state index contributed by atoms with van der Waals surface area (Å²) >= 11 is 0. The molecule has 33 heavy (non-hydrogen) atoms. The number of rotatable bonds is 5. The molecule has 0 radical (unpaired) electrons. The maximum absolute atomic E-state index is 12.9. The molecule has 8 nitrogen and oxygen atoms in total. The van der Waals surface area contributed by atoms with E-state index in [0.717, 1.165) is 5.56 Å². The van der Waals surface area contributed by atoms with Crippen molar-refractivity contribution in [1.29, 1.82) is 5.26 Å². The van der Waals surface area contributed by atoms with Crippen LogP contribution in [-0.4, -0.2) is 50.4 Å². The van der Waals surface area contributed by atoms with Gasteiger partial charge in [-0.2, -0.15) is 5.26 Å². The molecule has 0 unspecified atom stereocenters. The van der Waals surface area contributed by atoms with Crippen LogP contribution in [0, 0.1) is 18.3 Å². The van der Waals surface area contributed by atoms with Crippen molar-refractivity contribution in [2.24, 2.45) is 0 Å². The Hall–Kier alpha value is -3.90. The van der Waals surface area contributed by atoms with Crippen molar-refractivity contribution in [2.75, 3.05) is 35.8 Å². The molecule has 1 aliphatic heterocycles. The second-order valence-electron chi connectivity index (χ2n) is 7.76. The fraction of sp³-hybridized carbons (Fsp3) is 0.208. The number of aromatic nitrogens is 1. The standard InChI is InChI=1S/C24H23N5O3S/c1-18-4-8-21(9-5-18)27-33(31,32)22-10-6-19(7-11-22)24(30)29-15-13-28(14-16-29)23-20(17-25)3-2-12-26-23/h2-12,27H,13-16H2,1H3. The zero-order valence-electron chi connectivity index (χ0n) is 18.1. The van der Waals surface area contributed by atoms with Gasteiger partial charge in [-0.15, -0.1) is 0 Å². The molecule has 0 aliphatic carbocycles. The fourth-order valence-corrected chi connectivity index (χ4v) is 4.71. The first-order valence-electron chi connectivity index (χ1n) is 10.5. The van der Waals surface area contributed by atoms with E-state index in [-0.39, 0.29) is 10.8 Å². The van der Waals surface area contributed by atoms with E-state index in [2.05, 4.69) is 15.8 Å². The van der Waals surface area contributed by atoms with Crippen LogP contribution in [0.5, 0.6) is 0 Å². The van der Waals surface area contributed by atoms with E-state index in [1.807, 2.05) is 24.0 Å². The number of pyridine rings is 1. The van der Waals surface area contributed by atoms with Gasteiger partial charge in [0.05, 0.1) is 10.5 Å². The van der Waals surface area contributed by atoms with E-state index in [1.165, 1.54) is 24.3 Å². The van der Waals surface area contributed by atoms with Crippen LogP contribution in [0.3, 0.4) is 0 Å². The van der Waals surface area contributed by atoms with Gasteiger partial charge >= 0.3 is 0 Å². The molecule has 0 atom stereocenters. The fourth-order valence-electron chi connectivity index (χ4n) is 3.65. The molecule has 1 saturated heterocycles. The highest BCUT2D eigenvalue weighted by Crippen LogP contribution is 2.20. The molecule has 4 rings (SSSR count). The van der Waals surface area contributed by atoms with Gasteiger partial charge in [-0.05, 0) is 55.5 Å². The number of amides is 1. The molecule has 1 amide bonds. The monoisotopic (exact) mass is 461 g/mol. The number of sulfonamides is 1. The SMILES string of the molecule is Cc1ccc(NS(=O)(=O)c2ccc(C(=O)N3CCN(c4ncccc4C#N)CC3)cc2)cc1. The smallest absolute Gasteiger partial charge is 0.261 e. The van der Waals surface area contributed by atoms with Crippen LogP contribution in [0.2, 0.25) is 0 Å². The van der Waals surface area contributed by atoms with Crippen LogP contribution in [-0.2, 0) is 10.0 Å². The number of nitrogens with zero attached hydrogens (tertiary/aromatic N) is 4. The molecule has 1 aromatic heterocycles. The highest BCUT2D eigenvalue weighted by atomic mass is 32.2. The van der Waals surface area contributed by atoms with E-state index in [1.54, 1.807) is 35.4 Å². The summed E-state index contributed by atoms with van der Waals surface area (Å²) in [7, 11) is -3.75. The minimum absolute atomic E-state index is 0.0867. The summed E-state index contributed by atoms with van der Waals surface area (Å²) in [5.41, 5.74) is 2.44. The van der Waals surface area contributed by atoms with Crippen molar-refractivity contribution in [2.45, 2.75) is 11.8 Å². The van der Waals surface area contributed by atoms with E-state index in [9.17, 15) is 18.5 Å². The second kappa shape index (κ2) is 9.30. The van der Waals surface area contributed by atoms with E-state index >= 15 is 0 Å². The summed E-state index contributed by atoms with van der Waals surface area (Å²) in [4.78, 5) is 21.0. The van der Waals surface area contributed by atoms with E-state index in [4.69, 9.17) is 0 Å². The minimum Gasteiger partial charge on any atom is -0.352 e. The molecule has 9 heteroatoms. The lowest BCUT2D eigenvalue weighted by atomic mass is 10.1. The first-order valence-corrected chi connectivity index (χ1v) is 11.9. The Labute approximate surface area is 193 Å². The number of carbonyl (C=O) groups is 1. The maximum atomic E-state index is 12.9. The van der Waals surface area contributed by atoms with E-state index in [0.29, 0.717) is 48.8 Å². The molecule has 3 aromatic rings. The number of nitrogens with one attached hydrogen (secondary N) is 1. The van der Waals surface area contributed by atoms with Gasteiger partial charge in [0.25, 0.3) is 15.9 Å². The first kappa shape index (κ1) is 22.3. The number of hydrogen-bond donors (Lipinski definition) is 1. The van der Waals surface area contributed by atoms with Crippen molar-refractivity contribution in [3.63, 3.8) is 0 Å². The van der Waals surface area contributed by atoms with Gasteiger partial charge in [-0.1, -0.05) is 17.7 Å². The zero-order chi connectivity index (χ0) is 23.4. The number of piperazine rings is 1. The Bertz CT molecular complexity index is 1290. The van der Waals surface area contributed by atoms with Crippen LogP contribution in [0.4, 0.5) is 11.5 Å². The Balaban J connectivity index is 1.40. The summed E-state index contributed by atoms with van der Waals surface area (Å²) in [6.07, 6.45) is 1.65.